The molecule has 0 atom stereocenters. The molecule has 0 aliphatic heterocycles. The minimum atomic E-state index is -3.03. The highest BCUT2D eigenvalue weighted by molar-refractivity contribution is 7.98. The van der Waals surface area contributed by atoms with Gasteiger partial charge in [-0.1, -0.05) is 35.5 Å². The van der Waals surface area contributed by atoms with Gasteiger partial charge in [0, 0.05) is 0 Å². The fourth-order valence-electron chi connectivity index (χ4n) is 1.59. The number of benzene rings is 1. The van der Waals surface area contributed by atoms with E-state index in [0.29, 0.717) is 5.16 Å². The third kappa shape index (κ3) is 3.68. The number of para-hydroxylation sites is 1. The molecule has 8 heteroatoms. The van der Waals surface area contributed by atoms with Crippen molar-refractivity contribution < 1.29 is 18.3 Å². The summed E-state index contributed by atoms with van der Waals surface area (Å²) < 4.78 is 29.1. The molecule has 1 heterocycles. The van der Waals surface area contributed by atoms with Gasteiger partial charge in [-0.25, -0.2) is 9.97 Å². The number of halogens is 3. The molecule has 0 aliphatic rings. The van der Waals surface area contributed by atoms with Gasteiger partial charge in [0.15, 0.2) is 5.16 Å². The zero-order valence-corrected chi connectivity index (χ0v) is 12.3. The van der Waals surface area contributed by atoms with Crippen LogP contribution in [0.4, 0.5) is 8.78 Å². The van der Waals surface area contributed by atoms with Gasteiger partial charge >= 0.3 is 6.61 Å². The lowest BCUT2D eigenvalue weighted by molar-refractivity contribution is -0.0501. The van der Waals surface area contributed by atoms with Crippen LogP contribution in [-0.2, 0) is 0 Å². The fraction of sp³-hybridized carbons (Fsp3) is 0.154. The normalized spacial score (nSPS) is 10.7. The zero-order valence-electron chi connectivity index (χ0n) is 10.7. The van der Waals surface area contributed by atoms with Crippen molar-refractivity contribution in [1.29, 1.82) is 0 Å². The predicted molar refractivity (Wildman–Crippen MR) is 75.3 cm³/mol. The monoisotopic (exact) mass is 330 g/mol. The molecule has 0 amide bonds. The van der Waals surface area contributed by atoms with Gasteiger partial charge in [0.2, 0.25) is 5.78 Å². The van der Waals surface area contributed by atoms with E-state index in [2.05, 4.69) is 14.7 Å². The van der Waals surface area contributed by atoms with Crippen LogP contribution in [0.15, 0.2) is 35.6 Å². The van der Waals surface area contributed by atoms with Crippen molar-refractivity contribution in [2.24, 2.45) is 0 Å². The summed E-state index contributed by atoms with van der Waals surface area (Å²) in [6, 6.07) is 5.68. The molecule has 0 saturated carbocycles. The van der Waals surface area contributed by atoms with Crippen LogP contribution in [0.1, 0.15) is 16.1 Å². The average molecular weight is 331 g/mol. The third-order valence-electron chi connectivity index (χ3n) is 2.47. The minimum Gasteiger partial charge on any atom is -0.434 e. The smallest absolute Gasteiger partial charge is 0.387 e. The summed E-state index contributed by atoms with van der Waals surface area (Å²) in [5.41, 5.74) is -0.0909. The van der Waals surface area contributed by atoms with Crippen molar-refractivity contribution in [2.75, 3.05) is 6.26 Å². The first-order valence-electron chi connectivity index (χ1n) is 5.68. The number of carbonyl (C=O) groups is 1. The predicted octanol–water partition coefficient (Wildman–Crippen LogP) is 3.68. The topological polar surface area (TPSA) is 52.1 Å². The number of thioether (sulfide) groups is 1. The van der Waals surface area contributed by atoms with E-state index in [1.165, 1.54) is 42.2 Å². The molecule has 110 valence electrons. The van der Waals surface area contributed by atoms with Gasteiger partial charge in [-0.2, -0.15) is 8.78 Å². The van der Waals surface area contributed by atoms with Crippen molar-refractivity contribution in [3.05, 3.63) is 46.7 Å². The van der Waals surface area contributed by atoms with Crippen LogP contribution in [-0.4, -0.2) is 28.6 Å². The van der Waals surface area contributed by atoms with Gasteiger partial charge in [-0.05, 0) is 18.4 Å². The van der Waals surface area contributed by atoms with Crippen LogP contribution >= 0.6 is 23.4 Å². The molecule has 0 N–H and O–H groups in total. The lowest BCUT2D eigenvalue weighted by Crippen LogP contribution is -2.11. The first kappa shape index (κ1) is 15.7. The Labute approximate surface area is 128 Å². The van der Waals surface area contributed by atoms with E-state index in [4.69, 9.17) is 11.6 Å². The van der Waals surface area contributed by atoms with E-state index < -0.39 is 12.4 Å². The highest BCUT2D eigenvalue weighted by Crippen LogP contribution is 2.26. The Morgan fingerprint density at radius 1 is 1.38 bits per heavy atom. The van der Waals surface area contributed by atoms with Crippen LogP contribution < -0.4 is 4.74 Å². The Hall–Kier alpha value is -1.73. The number of alkyl halides is 2. The second kappa shape index (κ2) is 6.82. The molecule has 0 radical (unpaired) electrons. The first-order chi connectivity index (χ1) is 10.0. The van der Waals surface area contributed by atoms with Crippen molar-refractivity contribution in [3.8, 4) is 5.75 Å². The van der Waals surface area contributed by atoms with Crippen LogP contribution in [0, 0.1) is 0 Å². The number of ether oxygens (including phenoxy) is 1. The molecule has 0 unspecified atom stereocenters. The molecule has 1 aromatic carbocycles. The van der Waals surface area contributed by atoms with Crippen LogP contribution in [0.3, 0.4) is 0 Å². The number of rotatable bonds is 5. The Morgan fingerprint density at radius 3 is 2.76 bits per heavy atom. The largest absolute Gasteiger partial charge is 0.434 e. The number of aromatic nitrogens is 2. The summed E-state index contributed by atoms with van der Waals surface area (Å²) in [5.74, 6) is -0.827. The van der Waals surface area contributed by atoms with Crippen LogP contribution in [0.2, 0.25) is 5.02 Å². The number of hydrogen-bond acceptors (Lipinski definition) is 5. The second-order valence-electron chi connectivity index (χ2n) is 3.76. The highest BCUT2D eigenvalue weighted by Gasteiger charge is 2.21. The maximum absolute atomic E-state index is 12.4. The summed E-state index contributed by atoms with van der Waals surface area (Å²) >= 11 is 7.15. The van der Waals surface area contributed by atoms with Gasteiger partial charge in [0.1, 0.15) is 11.4 Å². The Morgan fingerprint density at radius 2 is 2.10 bits per heavy atom. The fourth-order valence-corrected chi connectivity index (χ4v) is 2.11. The van der Waals surface area contributed by atoms with E-state index in [1.54, 1.807) is 6.26 Å². The molecule has 4 nitrogen and oxygen atoms in total. The van der Waals surface area contributed by atoms with Crippen molar-refractivity contribution in [1.82, 2.24) is 9.97 Å². The Kier molecular flexibility index (Phi) is 5.08. The van der Waals surface area contributed by atoms with Gasteiger partial charge in [-0.15, -0.1) is 0 Å². The standard InChI is InChI=1S/C13H9ClF2N2O2S/c1-21-13-17-6-8(14)10(18-13)11(19)7-4-2-3-5-9(7)20-12(15)16/h2-6,12H,1H3. The second-order valence-corrected chi connectivity index (χ2v) is 4.94. The number of ketones is 1. The quantitative estimate of drug-likeness (QED) is 0.475. The summed E-state index contributed by atoms with van der Waals surface area (Å²) in [6.45, 7) is -3.03. The SMILES string of the molecule is CSc1ncc(Cl)c(C(=O)c2ccccc2OC(F)F)n1. The highest BCUT2D eigenvalue weighted by atomic mass is 35.5. The summed E-state index contributed by atoms with van der Waals surface area (Å²) in [4.78, 5) is 20.4. The van der Waals surface area contributed by atoms with Gasteiger partial charge in [0.25, 0.3) is 0 Å². The Balaban J connectivity index is 2.45. The molecule has 0 aliphatic carbocycles. The van der Waals surface area contributed by atoms with E-state index >= 15 is 0 Å². The molecule has 0 fully saturated rings. The summed E-state index contributed by atoms with van der Waals surface area (Å²) in [6.07, 6.45) is 3.04. The number of nitrogens with zero attached hydrogens (tertiary/aromatic N) is 2. The number of hydrogen-bond donors (Lipinski definition) is 0. The lowest BCUT2D eigenvalue weighted by atomic mass is 10.1. The Bertz CT molecular complexity index is 670. The molecule has 21 heavy (non-hydrogen) atoms. The van der Waals surface area contributed by atoms with Crippen molar-refractivity contribution in [2.45, 2.75) is 11.8 Å². The molecule has 0 saturated heterocycles. The summed E-state index contributed by atoms with van der Waals surface area (Å²) in [5, 5.41) is 0.402. The van der Waals surface area contributed by atoms with E-state index in [0.717, 1.165) is 0 Å². The van der Waals surface area contributed by atoms with E-state index in [9.17, 15) is 13.6 Å². The molecule has 0 bridgehead atoms. The molecule has 2 rings (SSSR count). The van der Waals surface area contributed by atoms with E-state index in [-0.39, 0.29) is 22.0 Å². The lowest BCUT2D eigenvalue weighted by Gasteiger charge is -2.10. The molecular formula is C13H9ClF2N2O2S. The maximum Gasteiger partial charge on any atom is 0.387 e. The molecule has 2 aromatic rings. The molecule has 0 spiro atoms. The first-order valence-corrected chi connectivity index (χ1v) is 7.28. The zero-order chi connectivity index (χ0) is 15.4. The van der Waals surface area contributed by atoms with Crippen molar-refractivity contribution in [3.63, 3.8) is 0 Å². The van der Waals surface area contributed by atoms with E-state index in [1.807, 2.05) is 0 Å². The summed E-state index contributed by atoms with van der Waals surface area (Å²) in [7, 11) is 0. The molecular weight excluding hydrogens is 322 g/mol. The third-order valence-corrected chi connectivity index (χ3v) is 3.31. The van der Waals surface area contributed by atoms with Gasteiger partial charge in [0.05, 0.1) is 16.8 Å². The molecule has 1 aromatic heterocycles. The van der Waals surface area contributed by atoms with Gasteiger partial charge < -0.3 is 4.74 Å². The number of carbonyl (C=O) groups excluding carboxylic acids is 1. The van der Waals surface area contributed by atoms with Gasteiger partial charge in [-0.3, -0.25) is 4.79 Å². The van der Waals surface area contributed by atoms with Crippen LogP contribution in [0.5, 0.6) is 5.75 Å². The van der Waals surface area contributed by atoms with Crippen molar-refractivity contribution >= 4 is 29.1 Å². The maximum atomic E-state index is 12.4. The average Bonchev–Trinajstić information content (AvgIpc) is 2.47. The minimum absolute atomic E-state index is 0.0366. The van der Waals surface area contributed by atoms with Crippen LogP contribution in [0.25, 0.3) is 0 Å².